The first-order valence-electron chi connectivity index (χ1n) is 11.0. The Balaban J connectivity index is 1.57. The molecule has 0 aliphatic carbocycles. The Bertz CT molecular complexity index is 1100. The lowest BCUT2D eigenvalue weighted by Gasteiger charge is -2.14. The van der Waals surface area contributed by atoms with Crippen LogP contribution in [0.15, 0.2) is 78.9 Å². The van der Waals surface area contributed by atoms with Crippen molar-refractivity contribution in [2.24, 2.45) is 0 Å². The van der Waals surface area contributed by atoms with Gasteiger partial charge in [-0.15, -0.1) is 0 Å². The van der Waals surface area contributed by atoms with Crippen molar-refractivity contribution in [3.63, 3.8) is 0 Å². The molecule has 1 heterocycles. The van der Waals surface area contributed by atoms with Gasteiger partial charge in [-0.05, 0) is 60.5 Å². The summed E-state index contributed by atoms with van der Waals surface area (Å²) >= 11 is 0. The molecule has 0 amide bonds. The number of carbonyl (C=O) groups excluding carboxylic acids is 1. The van der Waals surface area contributed by atoms with Crippen LogP contribution in [0.3, 0.4) is 0 Å². The van der Waals surface area contributed by atoms with E-state index in [1.807, 2.05) is 48.5 Å². The highest BCUT2D eigenvalue weighted by atomic mass is 16.5. The molecule has 3 aromatic rings. The minimum atomic E-state index is -0.234. The third kappa shape index (κ3) is 5.45. The van der Waals surface area contributed by atoms with Crippen LogP contribution in [0.1, 0.15) is 34.2 Å². The second-order valence-corrected chi connectivity index (χ2v) is 8.31. The number of rotatable bonds is 7. The van der Waals surface area contributed by atoms with Gasteiger partial charge in [0.15, 0.2) is 0 Å². The number of nitrogens with zero attached hydrogens (tertiary/aromatic N) is 1. The fraction of sp³-hybridized carbons (Fsp3) is 0.250. The summed E-state index contributed by atoms with van der Waals surface area (Å²) in [6.45, 7) is 1.79. The zero-order valence-corrected chi connectivity index (χ0v) is 18.7. The maximum Gasteiger partial charge on any atom is 0.310 e. The lowest BCUT2D eigenvalue weighted by molar-refractivity contribution is -0.144. The SMILES string of the molecule is CN(C)CC/C=C1/c2ccccc2COc2ccc(CC(=O)OCc3ccccc3)cc21. The molecule has 0 aromatic heterocycles. The van der Waals surface area contributed by atoms with Crippen LogP contribution in [-0.2, 0) is 29.2 Å². The lowest BCUT2D eigenvalue weighted by atomic mass is 9.92. The number of esters is 1. The number of hydrogen-bond donors (Lipinski definition) is 0. The zero-order chi connectivity index (χ0) is 22.3. The van der Waals surface area contributed by atoms with Crippen LogP contribution in [0.2, 0.25) is 0 Å². The Hall–Kier alpha value is -3.37. The van der Waals surface area contributed by atoms with Gasteiger partial charge >= 0.3 is 5.97 Å². The second kappa shape index (κ2) is 10.3. The molecule has 4 rings (SSSR count). The Kier molecular flexibility index (Phi) is 7.03. The van der Waals surface area contributed by atoms with Gasteiger partial charge in [-0.3, -0.25) is 4.79 Å². The van der Waals surface area contributed by atoms with Crippen molar-refractivity contribution < 1.29 is 14.3 Å². The standard InChI is InChI=1S/C28H29NO3/c1-29(2)16-8-13-25-24-12-7-6-11-23(24)20-31-27-15-14-22(17-26(25)27)18-28(30)32-19-21-9-4-3-5-10-21/h3-7,9-15,17H,8,16,18-20H2,1-2H3/b25-13-. The molecule has 4 nitrogen and oxygen atoms in total. The molecule has 0 saturated carbocycles. The van der Waals surface area contributed by atoms with Gasteiger partial charge in [-0.2, -0.15) is 0 Å². The monoisotopic (exact) mass is 427 g/mol. The maximum atomic E-state index is 12.5. The topological polar surface area (TPSA) is 38.8 Å². The highest BCUT2D eigenvalue weighted by Gasteiger charge is 2.20. The number of fused-ring (bicyclic) bond motifs is 2. The number of ether oxygens (including phenoxy) is 2. The molecule has 0 radical (unpaired) electrons. The summed E-state index contributed by atoms with van der Waals surface area (Å²) < 4.78 is 11.6. The third-order valence-corrected chi connectivity index (χ3v) is 5.54. The summed E-state index contributed by atoms with van der Waals surface area (Å²) in [6.07, 6.45) is 3.44. The zero-order valence-electron chi connectivity index (χ0n) is 18.7. The summed E-state index contributed by atoms with van der Waals surface area (Å²) in [7, 11) is 4.16. The van der Waals surface area contributed by atoms with E-state index in [9.17, 15) is 4.79 Å². The van der Waals surface area contributed by atoms with E-state index in [1.165, 1.54) is 11.1 Å². The molecule has 0 unspecified atom stereocenters. The Morgan fingerprint density at radius 2 is 1.75 bits per heavy atom. The molecular formula is C28H29NO3. The van der Waals surface area contributed by atoms with E-state index in [0.29, 0.717) is 6.61 Å². The van der Waals surface area contributed by atoms with Crippen LogP contribution in [0.5, 0.6) is 5.75 Å². The van der Waals surface area contributed by atoms with Crippen LogP contribution in [0.25, 0.3) is 5.57 Å². The summed E-state index contributed by atoms with van der Waals surface area (Å²) in [5.74, 6) is 0.612. The first-order chi connectivity index (χ1) is 15.6. The fourth-order valence-corrected chi connectivity index (χ4v) is 3.88. The van der Waals surface area contributed by atoms with E-state index in [0.717, 1.165) is 41.0 Å². The number of benzene rings is 3. The molecular weight excluding hydrogens is 398 g/mol. The third-order valence-electron chi connectivity index (χ3n) is 5.54. The molecule has 164 valence electrons. The molecule has 4 heteroatoms. The van der Waals surface area contributed by atoms with E-state index < -0.39 is 0 Å². The van der Waals surface area contributed by atoms with E-state index in [1.54, 1.807) is 0 Å². The molecule has 0 fully saturated rings. The Labute approximate surface area is 190 Å². The van der Waals surface area contributed by atoms with Gasteiger partial charge in [0.05, 0.1) is 6.42 Å². The van der Waals surface area contributed by atoms with Crippen LogP contribution in [-0.4, -0.2) is 31.5 Å². The van der Waals surface area contributed by atoms with Gasteiger partial charge in [0.2, 0.25) is 0 Å². The summed E-state index contributed by atoms with van der Waals surface area (Å²) in [6, 6.07) is 24.1. The van der Waals surface area contributed by atoms with Crippen molar-refractivity contribution in [3.05, 3.63) is 107 Å². The summed E-state index contributed by atoms with van der Waals surface area (Å²) in [5, 5.41) is 0. The highest BCUT2D eigenvalue weighted by Crippen LogP contribution is 2.37. The van der Waals surface area contributed by atoms with E-state index in [2.05, 4.69) is 49.3 Å². The summed E-state index contributed by atoms with van der Waals surface area (Å²) in [5.41, 5.74) is 6.45. The molecule has 1 aliphatic heterocycles. The predicted molar refractivity (Wildman–Crippen MR) is 127 cm³/mol. The van der Waals surface area contributed by atoms with Crippen molar-refractivity contribution in [1.82, 2.24) is 4.90 Å². The van der Waals surface area contributed by atoms with E-state index in [4.69, 9.17) is 9.47 Å². The molecule has 32 heavy (non-hydrogen) atoms. The van der Waals surface area contributed by atoms with Gasteiger partial charge in [0.1, 0.15) is 19.0 Å². The molecule has 0 saturated heterocycles. The predicted octanol–water partition coefficient (Wildman–Crippen LogP) is 5.25. The Morgan fingerprint density at radius 1 is 0.969 bits per heavy atom. The van der Waals surface area contributed by atoms with Crippen molar-refractivity contribution >= 4 is 11.5 Å². The van der Waals surface area contributed by atoms with Gasteiger partial charge in [-0.25, -0.2) is 0 Å². The molecule has 0 spiro atoms. The number of carbonyl (C=O) groups is 1. The fourth-order valence-electron chi connectivity index (χ4n) is 3.88. The minimum Gasteiger partial charge on any atom is -0.488 e. The summed E-state index contributed by atoms with van der Waals surface area (Å²) in [4.78, 5) is 14.7. The van der Waals surface area contributed by atoms with Crippen LogP contribution in [0, 0.1) is 0 Å². The average molecular weight is 428 g/mol. The van der Waals surface area contributed by atoms with Crippen molar-refractivity contribution in [3.8, 4) is 5.75 Å². The molecule has 1 aliphatic rings. The van der Waals surface area contributed by atoms with Gasteiger partial charge in [0.25, 0.3) is 0 Å². The smallest absolute Gasteiger partial charge is 0.310 e. The maximum absolute atomic E-state index is 12.5. The normalized spacial score (nSPS) is 13.8. The lowest BCUT2D eigenvalue weighted by Crippen LogP contribution is -2.12. The molecule has 0 atom stereocenters. The molecule has 3 aromatic carbocycles. The van der Waals surface area contributed by atoms with Crippen molar-refractivity contribution in [1.29, 1.82) is 0 Å². The van der Waals surface area contributed by atoms with Crippen LogP contribution in [0.4, 0.5) is 0 Å². The first kappa shape index (κ1) is 21.8. The van der Waals surface area contributed by atoms with Gasteiger partial charge in [0, 0.05) is 12.1 Å². The largest absolute Gasteiger partial charge is 0.488 e. The van der Waals surface area contributed by atoms with Gasteiger partial charge < -0.3 is 14.4 Å². The second-order valence-electron chi connectivity index (χ2n) is 8.31. The number of hydrogen-bond acceptors (Lipinski definition) is 4. The average Bonchev–Trinajstić information content (AvgIpc) is 2.95. The van der Waals surface area contributed by atoms with E-state index >= 15 is 0 Å². The van der Waals surface area contributed by atoms with Crippen LogP contribution < -0.4 is 4.74 Å². The van der Waals surface area contributed by atoms with Crippen LogP contribution >= 0.6 is 0 Å². The van der Waals surface area contributed by atoms with Crippen molar-refractivity contribution in [2.45, 2.75) is 26.1 Å². The van der Waals surface area contributed by atoms with Crippen molar-refractivity contribution in [2.75, 3.05) is 20.6 Å². The molecule has 0 bridgehead atoms. The van der Waals surface area contributed by atoms with Gasteiger partial charge in [-0.1, -0.05) is 66.7 Å². The highest BCUT2D eigenvalue weighted by molar-refractivity contribution is 5.85. The van der Waals surface area contributed by atoms with E-state index in [-0.39, 0.29) is 19.0 Å². The molecule has 0 N–H and O–H groups in total. The quantitative estimate of drug-likeness (QED) is 0.483. The first-order valence-corrected chi connectivity index (χ1v) is 11.0. The Morgan fingerprint density at radius 3 is 2.56 bits per heavy atom. The minimum absolute atomic E-state index is 0.229.